The number of carbonyl (C=O) groups excluding carboxylic acids is 1. The van der Waals surface area contributed by atoms with Crippen molar-refractivity contribution in [1.82, 2.24) is 15.2 Å². The molecule has 0 radical (unpaired) electrons. The summed E-state index contributed by atoms with van der Waals surface area (Å²) in [6.45, 7) is 0. The van der Waals surface area contributed by atoms with Gasteiger partial charge in [0.1, 0.15) is 10.7 Å². The van der Waals surface area contributed by atoms with E-state index in [0.29, 0.717) is 5.69 Å². The molecule has 4 aromatic rings. The Morgan fingerprint density at radius 2 is 2.08 bits per heavy atom. The SMILES string of the molecule is O=C(Nc1cccc(-c2ccn[nH]2)c1)c1csc(-c2cccs2)n1. The van der Waals surface area contributed by atoms with Crippen molar-refractivity contribution in [2.75, 3.05) is 5.32 Å². The molecule has 0 fully saturated rings. The fourth-order valence-electron chi connectivity index (χ4n) is 2.27. The lowest BCUT2D eigenvalue weighted by Crippen LogP contribution is -2.12. The Balaban J connectivity index is 1.53. The van der Waals surface area contributed by atoms with E-state index in [1.807, 2.05) is 47.8 Å². The van der Waals surface area contributed by atoms with Crippen molar-refractivity contribution in [3.05, 3.63) is 65.1 Å². The van der Waals surface area contributed by atoms with Gasteiger partial charge < -0.3 is 5.32 Å². The van der Waals surface area contributed by atoms with Crippen LogP contribution in [0.4, 0.5) is 5.69 Å². The molecule has 3 aromatic heterocycles. The highest BCUT2D eigenvalue weighted by Crippen LogP contribution is 2.28. The van der Waals surface area contributed by atoms with E-state index in [9.17, 15) is 4.79 Å². The maximum absolute atomic E-state index is 12.4. The first-order valence-electron chi connectivity index (χ1n) is 7.20. The summed E-state index contributed by atoms with van der Waals surface area (Å²) in [6.07, 6.45) is 1.70. The zero-order chi connectivity index (χ0) is 16.4. The monoisotopic (exact) mass is 352 g/mol. The van der Waals surface area contributed by atoms with Gasteiger partial charge in [0.25, 0.3) is 5.91 Å². The second-order valence-electron chi connectivity index (χ2n) is 5.02. The van der Waals surface area contributed by atoms with E-state index in [2.05, 4.69) is 20.5 Å². The van der Waals surface area contributed by atoms with E-state index in [0.717, 1.165) is 26.8 Å². The van der Waals surface area contributed by atoms with Crippen LogP contribution in [-0.2, 0) is 0 Å². The van der Waals surface area contributed by atoms with Crippen molar-refractivity contribution >= 4 is 34.3 Å². The molecule has 3 heterocycles. The lowest BCUT2D eigenvalue weighted by molar-refractivity contribution is 0.102. The largest absolute Gasteiger partial charge is 0.321 e. The van der Waals surface area contributed by atoms with Crippen molar-refractivity contribution < 1.29 is 4.79 Å². The zero-order valence-electron chi connectivity index (χ0n) is 12.4. The Hall–Kier alpha value is -2.77. The number of hydrogen-bond acceptors (Lipinski definition) is 5. The maximum Gasteiger partial charge on any atom is 0.275 e. The highest BCUT2D eigenvalue weighted by molar-refractivity contribution is 7.20. The number of amides is 1. The molecule has 118 valence electrons. The molecule has 1 aromatic carbocycles. The van der Waals surface area contributed by atoms with Crippen molar-refractivity contribution in [1.29, 1.82) is 0 Å². The Morgan fingerprint density at radius 3 is 2.88 bits per heavy atom. The molecule has 0 spiro atoms. The van der Waals surface area contributed by atoms with E-state index in [-0.39, 0.29) is 5.91 Å². The summed E-state index contributed by atoms with van der Waals surface area (Å²) in [5.74, 6) is -0.212. The second kappa shape index (κ2) is 6.38. The van der Waals surface area contributed by atoms with Crippen LogP contribution in [0, 0.1) is 0 Å². The standard InChI is InChI=1S/C17H12N4OS2/c22-16(14-10-24-17(20-14)15-5-2-8-23-15)19-12-4-1-3-11(9-12)13-6-7-18-21-13/h1-10H,(H,18,21)(H,19,22). The van der Waals surface area contributed by atoms with Crippen LogP contribution in [0.15, 0.2) is 59.4 Å². The topological polar surface area (TPSA) is 70.7 Å². The van der Waals surface area contributed by atoms with Crippen molar-refractivity contribution in [2.24, 2.45) is 0 Å². The summed E-state index contributed by atoms with van der Waals surface area (Å²) in [7, 11) is 0. The molecule has 5 nitrogen and oxygen atoms in total. The predicted molar refractivity (Wildman–Crippen MR) is 97.4 cm³/mol. The van der Waals surface area contributed by atoms with E-state index < -0.39 is 0 Å². The van der Waals surface area contributed by atoms with E-state index >= 15 is 0 Å². The number of anilines is 1. The molecule has 24 heavy (non-hydrogen) atoms. The third kappa shape index (κ3) is 2.99. The van der Waals surface area contributed by atoms with Crippen molar-refractivity contribution in [2.45, 2.75) is 0 Å². The van der Waals surface area contributed by atoms with Gasteiger partial charge in [-0.1, -0.05) is 18.2 Å². The normalized spacial score (nSPS) is 10.7. The third-order valence-electron chi connectivity index (χ3n) is 3.40. The van der Waals surface area contributed by atoms with Gasteiger partial charge in [0.2, 0.25) is 0 Å². The number of hydrogen-bond donors (Lipinski definition) is 2. The van der Waals surface area contributed by atoms with E-state index in [1.54, 1.807) is 22.9 Å². The third-order valence-corrected chi connectivity index (χ3v) is 5.28. The van der Waals surface area contributed by atoms with Gasteiger partial charge in [0, 0.05) is 22.8 Å². The minimum Gasteiger partial charge on any atom is -0.321 e. The number of nitrogens with zero attached hydrogens (tertiary/aromatic N) is 2. The van der Waals surface area contributed by atoms with Crippen LogP contribution in [0.2, 0.25) is 0 Å². The van der Waals surface area contributed by atoms with Crippen LogP contribution in [0.1, 0.15) is 10.5 Å². The van der Waals surface area contributed by atoms with Crippen LogP contribution in [0.3, 0.4) is 0 Å². The molecule has 1 amide bonds. The highest BCUT2D eigenvalue weighted by atomic mass is 32.1. The molecular weight excluding hydrogens is 340 g/mol. The van der Waals surface area contributed by atoms with E-state index in [4.69, 9.17) is 0 Å². The van der Waals surface area contributed by atoms with E-state index in [1.165, 1.54) is 11.3 Å². The van der Waals surface area contributed by atoms with Gasteiger partial charge in [-0.05, 0) is 29.6 Å². The average Bonchev–Trinajstić information content (AvgIpc) is 3.36. The molecule has 0 unspecified atom stereocenters. The summed E-state index contributed by atoms with van der Waals surface area (Å²) >= 11 is 3.08. The Labute approximate surface area is 146 Å². The first kappa shape index (κ1) is 14.8. The second-order valence-corrected chi connectivity index (χ2v) is 6.83. The molecule has 0 aliphatic rings. The molecular formula is C17H12N4OS2. The number of thiophene rings is 1. The first-order valence-corrected chi connectivity index (χ1v) is 8.96. The molecule has 0 aliphatic heterocycles. The minimum absolute atomic E-state index is 0.212. The van der Waals surface area contributed by atoms with Gasteiger partial charge in [-0.15, -0.1) is 22.7 Å². The van der Waals surface area contributed by atoms with Crippen molar-refractivity contribution in [3.63, 3.8) is 0 Å². The summed E-state index contributed by atoms with van der Waals surface area (Å²) in [6, 6.07) is 13.5. The van der Waals surface area contributed by atoms with Crippen LogP contribution < -0.4 is 5.32 Å². The van der Waals surface area contributed by atoms with Crippen LogP contribution in [-0.4, -0.2) is 21.1 Å². The fourth-order valence-corrected chi connectivity index (χ4v) is 3.88. The van der Waals surface area contributed by atoms with Gasteiger partial charge >= 0.3 is 0 Å². The first-order chi connectivity index (χ1) is 11.8. The minimum atomic E-state index is -0.212. The van der Waals surface area contributed by atoms with Crippen LogP contribution in [0.5, 0.6) is 0 Å². The number of thiazole rings is 1. The Bertz CT molecular complexity index is 958. The summed E-state index contributed by atoms with van der Waals surface area (Å²) in [5, 5.41) is 14.4. The smallest absolute Gasteiger partial charge is 0.275 e. The lowest BCUT2D eigenvalue weighted by atomic mass is 10.1. The number of aromatic nitrogens is 3. The zero-order valence-corrected chi connectivity index (χ0v) is 14.0. The molecule has 0 bridgehead atoms. The fraction of sp³-hybridized carbons (Fsp3) is 0. The molecule has 0 saturated heterocycles. The molecule has 4 rings (SSSR count). The lowest BCUT2D eigenvalue weighted by Gasteiger charge is -2.05. The average molecular weight is 352 g/mol. The number of rotatable bonds is 4. The van der Waals surface area contributed by atoms with Gasteiger partial charge in [0.05, 0.1) is 10.6 Å². The number of nitrogens with one attached hydrogen (secondary N) is 2. The maximum atomic E-state index is 12.4. The summed E-state index contributed by atoms with van der Waals surface area (Å²) < 4.78 is 0. The Morgan fingerprint density at radius 1 is 1.12 bits per heavy atom. The number of benzene rings is 1. The summed E-state index contributed by atoms with van der Waals surface area (Å²) in [5.41, 5.74) is 3.01. The molecule has 0 aliphatic carbocycles. The Kier molecular flexibility index (Phi) is 3.94. The van der Waals surface area contributed by atoms with Crippen LogP contribution in [0.25, 0.3) is 21.1 Å². The number of carbonyl (C=O) groups is 1. The molecule has 2 N–H and O–H groups in total. The van der Waals surface area contributed by atoms with Gasteiger partial charge in [-0.3, -0.25) is 9.89 Å². The molecule has 7 heteroatoms. The molecule has 0 atom stereocenters. The van der Waals surface area contributed by atoms with Crippen molar-refractivity contribution in [3.8, 4) is 21.1 Å². The van der Waals surface area contributed by atoms with Gasteiger partial charge in [0.15, 0.2) is 0 Å². The highest BCUT2D eigenvalue weighted by Gasteiger charge is 2.13. The van der Waals surface area contributed by atoms with Gasteiger partial charge in [-0.2, -0.15) is 5.10 Å². The number of H-pyrrole nitrogens is 1. The van der Waals surface area contributed by atoms with Crippen LogP contribution >= 0.6 is 22.7 Å². The quantitative estimate of drug-likeness (QED) is 0.567. The molecule has 0 saturated carbocycles. The predicted octanol–water partition coefficient (Wildman–Crippen LogP) is 4.51. The summed E-state index contributed by atoms with van der Waals surface area (Å²) in [4.78, 5) is 17.9. The number of aromatic amines is 1. The van der Waals surface area contributed by atoms with Gasteiger partial charge in [-0.25, -0.2) is 4.98 Å².